The first-order chi connectivity index (χ1) is 9.18. The largest absolute Gasteiger partial charge is 0.326 e. The van der Waals surface area contributed by atoms with Gasteiger partial charge in [0.15, 0.2) is 0 Å². The van der Waals surface area contributed by atoms with Crippen LogP contribution < -0.4 is 11.1 Å². The summed E-state index contributed by atoms with van der Waals surface area (Å²) >= 11 is 0. The molecule has 4 heteroatoms. The summed E-state index contributed by atoms with van der Waals surface area (Å²) in [4.78, 5) is 16.0. The number of hydrogen-bond donors (Lipinski definition) is 2. The van der Waals surface area contributed by atoms with E-state index in [1.807, 2.05) is 37.3 Å². The number of benzene rings is 1. The predicted octanol–water partition coefficient (Wildman–Crippen LogP) is 2.36. The molecule has 1 aromatic heterocycles. The Morgan fingerprint density at radius 1 is 1.16 bits per heavy atom. The minimum Gasteiger partial charge on any atom is -0.326 e. The highest BCUT2D eigenvalue weighted by Gasteiger charge is 2.21. The zero-order chi connectivity index (χ0) is 13.7. The molecular weight excluding hydrogens is 238 g/mol. The molecule has 2 unspecified atom stereocenters. The fraction of sp³-hybridized carbons (Fsp3) is 0.200. The van der Waals surface area contributed by atoms with Gasteiger partial charge in [0.1, 0.15) is 0 Å². The molecule has 4 nitrogen and oxygen atoms in total. The topological polar surface area (TPSA) is 68.0 Å². The van der Waals surface area contributed by atoms with Crippen LogP contribution in [0, 0.1) is 5.92 Å². The second kappa shape index (κ2) is 6.11. The van der Waals surface area contributed by atoms with Gasteiger partial charge in [0.05, 0.1) is 5.92 Å². The zero-order valence-corrected chi connectivity index (χ0v) is 10.8. The molecule has 19 heavy (non-hydrogen) atoms. The number of amides is 1. The molecule has 0 aliphatic carbocycles. The number of pyridine rings is 1. The molecule has 0 radical (unpaired) electrons. The molecule has 1 heterocycles. The van der Waals surface area contributed by atoms with Gasteiger partial charge in [-0.25, -0.2) is 0 Å². The van der Waals surface area contributed by atoms with E-state index in [4.69, 9.17) is 5.73 Å². The number of carbonyl (C=O) groups is 1. The van der Waals surface area contributed by atoms with Crippen LogP contribution in [-0.4, -0.2) is 10.9 Å². The van der Waals surface area contributed by atoms with Crippen molar-refractivity contribution in [1.29, 1.82) is 0 Å². The number of nitrogens with two attached hydrogens (primary N) is 1. The van der Waals surface area contributed by atoms with Gasteiger partial charge in [0.2, 0.25) is 5.91 Å². The Kier molecular flexibility index (Phi) is 4.26. The van der Waals surface area contributed by atoms with Crippen LogP contribution >= 0.6 is 0 Å². The molecule has 0 saturated heterocycles. The average molecular weight is 255 g/mol. The number of nitrogens with zero attached hydrogens (tertiary/aromatic N) is 1. The normalized spacial score (nSPS) is 13.6. The molecule has 0 bridgehead atoms. The molecule has 2 atom stereocenters. The fourth-order valence-corrected chi connectivity index (χ4v) is 1.82. The fourth-order valence-electron chi connectivity index (χ4n) is 1.82. The second-order valence-corrected chi connectivity index (χ2v) is 4.45. The van der Waals surface area contributed by atoms with Crippen LogP contribution in [0.5, 0.6) is 0 Å². The second-order valence-electron chi connectivity index (χ2n) is 4.45. The predicted molar refractivity (Wildman–Crippen MR) is 75.4 cm³/mol. The number of carbonyl (C=O) groups excluding carboxylic acids is 1. The number of anilines is 1. The van der Waals surface area contributed by atoms with Crippen LogP contribution in [0.15, 0.2) is 54.9 Å². The van der Waals surface area contributed by atoms with E-state index in [0.717, 1.165) is 11.3 Å². The van der Waals surface area contributed by atoms with Gasteiger partial charge in [-0.15, -0.1) is 0 Å². The van der Waals surface area contributed by atoms with Crippen molar-refractivity contribution in [2.24, 2.45) is 11.7 Å². The third-order valence-corrected chi connectivity index (χ3v) is 3.08. The van der Waals surface area contributed by atoms with Crippen molar-refractivity contribution in [2.45, 2.75) is 13.0 Å². The highest BCUT2D eigenvalue weighted by Crippen LogP contribution is 2.20. The standard InChI is InChI=1S/C15H17N3O/c1-11(14(16)12-5-3-2-4-6-12)15(19)18-13-7-9-17-10-8-13/h2-11,14H,16H2,1H3,(H,17,18,19). The van der Waals surface area contributed by atoms with Crippen LogP contribution in [-0.2, 0) is 4.79 Å². The number of aromatic nitrogens is 1. The molecule has 98 valence electrons. The lowest BCUT2D eigenvalue weighted by Crippen LogP contribution is -2.30. The highest BCUT2D eigenvalue weighted by atomic mass is 16.1. The molecule has 2 rings (SSSR count). The summed E-state index contributed by atoms with van der Waals surface area (Å²) in [6.45, 7) is 1.83. The van der Waals surface area contributed by atoms with E-state index in [9.17, 15) is 4.79 Å². The molecule has 0 aliphatic heterocycles. The van der Waals surface area contributed by atoms with Crippen molar-refractivity contribution in [1.82, 2.24) is 4.98 Å². The van der Waals surface area contributed by atoms with Gasteiger partial charge in [-0.2, -0.15) is 0 Å². The number of rotatable bonds is 4. The molecular formula is C15H17N3O. The molecule has 2 aromatic rings. The first-order valence-corrected chi connectivity index (χ1v) is 6.20. The van der Waals surface area contributed by atoms with Crippen LogP contribution in [0.2, 0.25) is 0 Å². The maximum atomic E-state index is 12.1. The van der Waals surface area contributed by atoms with E-state index in [0.29, 0.717) is 0 Å². The van der Waals surface area contributed by atoms with Crippen LogP contribution in [0.4, 0.5) is 5.69 Å². The Bertz CT molecular complexity index is 528. The van der Waals surface area contributed by atoms with Crippen molar-refractivity contribution in [3.63, 3.8) is 0 Å². The van der Waals surface area contributed by atoms with E-state index in [-0.39, 0.29) is 17.9 Å². The van der Waals surface area contributed by atoms with Crippen molar-refractivity contribution in [3.8, 4) is 0 Å². The summed E-state index contributed by atoms with van der Waals surface area (Å²) in [5, 5.41) is 2.83. The third kappa shape index (κ3) is 3.39. The van der Waals surface area contributed by atoms with Gasteiger partial charge in [0, 0.05) is 24.1 Å². The molecule has 0 aliphatic rings. The first-order valence-electron chi connectivity index (χ1n) is 6.20. The Morgan fingerprint density at radius 3 is 2.42 bits per heavy atom. The lowest BCUT2D eigenvalue weighted by atomic mass is 9.94. The summed E-state index contributed by atoms with van der Waals surface area (Å²) in [6.07, 6.45) is 3.27. The van der Waals surface area contributed by atoms with E-state index >= 15 is 0 Å². The molecule has 0 saturated carbocycles. The van der Waals surface area contributed by atoms with Crippen LogP contribution in [0.25, 0.3) is 0 Å². The van der Waals surface area contributed by atoms with Crippen LogP contribution in [0.1, 0.15) is 18.5 Å². The van der Waals surface area contributed by atoms with E-state index < -0.39 is 0 Å². The Morgan fingerprint density at radius 2 is 1.79 bits per heavy atom. The Balaban J connectivity index is 2.03. The van der Waals surface area contributed by atoms with Gasteiger partial charge < -0.3 is 11.1 Å². The smallest absolute Gasteiger partial charge is 0.229 e. The number of nitrogens with one attached hydrogen (secondary N) is 1. The lowest BCUT2D eigenvalue weighted by Gasteiger charge is -2.19. The molecule has 1 amide bonds. The minimum atomic E-state index is -0.317. The Hall–Kier alpha value is -2.20. The lowest BCUT2D eigenvalue weighted by molar-refractivity contribution is -0.120. The monoisotopic (exact) mass is 255 g/mol. The van der Waals surface area contributed by atoms with E-state index in [1.54, 1.807) is 24.5 Å². The number of hydrogen-bond acceptors (Lipinski definition) is 3. The summed E-state index contributed by atoms with van der Waals surface area (Å²) in [5.41, 5.74) is 7.81. The quantitative estimate of drug-likeness (QED) is 0.881. The average Bonchev–Trinajstić information content (AvgIpc) is 2.47. The van der Waals surface area contributed by atoms with E-state index in [2.05, 4.69) is 10.3 Å². The van der Waals surface area contributed by atoms with Gasteiger partial charge >= 0.3 is 0 Å². The summed E-state index contributed by atoms with van der Waals surface area (Å²) in [7, 11) is 0. The maximum absolute atomic E-state index is 12.1. The highest BCUT2D eigenvalue weighted by molar-refractivity contribution is 5.92. The van der Waals surface area contributed by atoms with Gasteiger partial charge in [-0.1, -0.05) is 37.3 Å². The van der Waals surface area contributed by atoms with Crippen molar-refractivity contribution in [2.75, 3.05) is 5.32 Å². The van der Waals surface area contributed by atoms with Gasteiger partial charge in [-0.3, -0.25) is 9.78 Å². The van der Waals surface area contributed by atoms with Crippen molar-refractivity contribution < 1.29 is 4.79 Å². The summed E-state index contributed by atoms with van der Waals surface area (Å²) in [6, 6.07) is 12.8. The maximum Gasteiger partial charge on any atom is 0.229 e. The van der Waals surface area contributed by atoms with Crippen molar-refractivity contribution >= 4 is 11.6 Å². The molecule has 1 aromatic carbocycles. The Labute approximate surface area is 112 Å². The summed E-state index contributed by atoms with van der Waals surface area (Å²) < 4.78 is 0. The summed E-state index contributed by atoms with van der Waals surface area (Å²) in [5.74, 6) is -0.405. The molecule has 0 fully saturated rings. The molecule has 3 N–H and O–H groups in total. The SMILES string of the molecule is CC(C(=O)Nc1ccncc1)C(N)c1ccccc1. The van der Waals surface area contributed by atoms with Crippen LogP contribution in [0.3, 0.4) is 0 Å². The molecule has 0 spiro atoms. The zero-order valence-electron chi connectivity index (χ0n) is 10.8. The third-order valence-electron chi connectivity index (χ3n) is 3.08. The van der Waals surface area contributed by atoms with Gasteiger partial charge in [-0.05, 0) is 17.7 Å². The minimum absolute atomic E-state index is 0.0949. The van der Waals surface area contributed by atoms with Crippen molar-refractivity contribution in [3.05, 3.63) is 60.4 Å². The van der Waals surface area contributed by atoms with E-state index in [1.165, 1.54) is 0 Å². The van der Waals surface area contributed by atoms with Gasteiger partial charge in [0.25, 0.3) is 0 Å². The first kappa shape index (κ1) is 13.2.